The van der Waals surface area contributed by atoms with Gasteiger partial charge in [0, 0.05) is 12.1 Å². The number of aromatic nitrogens is 1. The van der Waals surface area contributed by atoms with Crippen LogP contribution in [0.5, 0.6) is 11.5 Å². The van der Waals surface area contributed by atoms with Crippen LogP contribution in [-0.2, 0) is 0 Å². The van der Waals surface area contributed by atoms with Gasteiger partial charge in [0.2, 0.25) is 5.43 Å². The molecular weight excluding hydrogens is 290 g/mol. The molecule has 1 aromatic heterocycles. The van der Waals surface area contributed by atoms with Crippen molar-refractivity contribution in [2.75, 3.05) is 14.2 Å². The Hall–Kier alpha value is -3.01. The molecule has 0 aliphatic heterocycles. The van der Waals surface area contributed by atoms with Crippen LogP contribution in [0.3, 0.4) is 0 Å². The van der Waals surface area contributed by atoms with Gasteiger partial charge in [0.25, 0.3) is 0 Å². The van der Waals surface area contributed by atoms with Gasteiger partial charge in [0.05, 0.1) is 36.0 Å². The zero-order valence-corrected chi connectivity index (χ0v) is 12.8. The minimum absolute atomic E-state index is 0.0370. The second kappa shape index (κ2) is 5.02. The molecule has 114 valence electrons. The molecule has 0 saturated heterocycles. The Bertz CT molecular complexity index is 1110. The lowest BCUT2D eigenvalue weighted by Crippen LogP contribution is -2.07. The first kappa shape index (κ1) is 13.6. The summed E-state index contributed by atoms with van der Waals surface area (Å²) >= 11 is 0. The molecule has 0 fully saturated rings. The highest BCUT2D eigenvalue weighted by Gasteiger charge is 2.14. The molecule has 0 aliphatic rings. The third-order valence-corrected chi connectivity index (χ3v) is 4.18. The highest BCUT2D eigenvalue weighted by molar-refractivity contribution is 6.10. The highest BCUT2D eigenvalue weighted by atomic mass is 16.5. The van der Waals surface area contributed by atoms with Gasteiger partial charge in [-0.3, -0.25) is 4.79 Å². The van der Waals surface area contributed by atoms with Gasteiger partial charge in [-0.25, -0.2) is 0 Å². The highest BCUT2D eigenvalue weighted by Crippen LogP contribution is 2.31. The summed E-state index contributed by atoms with van der Waals surface area (Å²) in [6.45, 7) is 0. The Morgan fingerprint density at radius 1 is 0.870 bits per heavy atom. The normalized spacial score (nSPS) is 11.2. The first-order chi connectivity index (χ1) is 11.2. The van der Waals surface area contributed by atoms with Crippen molar-refractivity contribution in [2.24, 2.45) is 0 Å². The molecule has 0 spiro atoms. The van der Waals surface area contributed by atoms with E-state index in [-0.39, 0.29) is 5.43 Å². The fraction of sp³-hybridized carbons (Fsp3) is 0.105. The SMILES string of the molecule is COc1cc(OC)c2c(=O)c3c(ccc4ccccc43)[nH]c2c1. The van der Waals surface area contributed by atoms with Crippen LogP contribution >= 0.6 is 0 Å². The molecule has 0 radical (unpaired) electrons. The van der Waals surface area contributed by atoms with Gasteiger partial charge in [0.1, 0.15) is 11.5 Å². The van der Waals surface area contributed by atoms with Crippen molar-refractivity contribution in [1.82, 2.24) is 4.98 Å². The topological polar surface area (TPSA) is 51.3 Å². The molecule has 4 rings (SSSR count). The molecule has 0 amide bonds. The lowest BCUT2D eigenvalue weighted by molar-refractivity contribution is 0.397. The number of benzene rings is 3. The van der Waals surface area contributed by atoms with Crippen LogP contribution in [0, 0.1) is 0 Å². The zero-order chi connectivity index (χ0) is 16.0. The molecule has 4 aromatic rings. The number of H-pyrrole nitrogens is 1. The Kier molecular flexibility index (Phi) is 2.98. The van der Waals surface area contributed by atoms with E-state index in [1.54, 1.807) is 20.3 Å². The summed E-state index contributed by atoms with van der Waals surface area (Å²) in [5.74, 6) is 1.15. The number of nitrogens with one attached hydrogen (secondary N) is 1. The van der Waals surface area contributed by atoms with Crippen LogP contribution in [-0.4, -0.2) is 19.2 Å². The standard InChI is InChI=1S/C19H15NO3/c1-22-12-9-15-18(16(10-12)23-2)19(21)17-13-6-4-3-5-11(13)7-8-14(17)20-15/h3-10H,1-2H3,(H,20,21). The van der Waals surface area contributed by atoms with E-state index in [0.29, 0.717) is 27.8 Å². The summed E-state index contributed by atoms with van der Waals surface area (Å²) in [6, 6.07) is 15.4. The summed E-state index contributed by atoms with van der Waals surface area (Å²) in [5, 5.41) is 3.19. The number of hydrogen-bond acceptors (Lipinski definition) is 3. The summed E-state index contributed by atoms with van der Waals surface area (Å²) < 4.78 is 10.7. The fourth-order valence-electron chi connectivity index (χ4n) is 3.09. The van der Waals surface area contributed by atoms with Crippen LogP contribution in [0.1, 0.15) is 0 Å². The molecule has 0 atom stereocenters. The Morgan fingerprint density at radius 2 is 1.70 bits per heavy atom. The van der Waals surface area contributed by atoms with Gasteiger partial charge in [-0.2, -0.15) is 0 Å². The number of hydrogen-bond donors (Lipinski definition) is 1. The maximum Gasteiger partial charge on any atom is 0.201 e. The number of ether oxygens (including phenoxy) is 2. The molecule has 3 aromatic carbocycles. The summed E-state index contributed by atoms with van der Waals surface area (Å²) in [4.78, 5) is 16.5. The van der Waals surface area contributed by atoms with Crippen LogP contribution < -0.4 is 14.9 Å². The van der Waals surface area contributed by atoms with E-state index in [4.69, 9.17) is 9.47 Å². The molecule has 1 heterocycles. The van der Waals surface area contributed by atoms with E-state index in [1.165, 1.54) is 0 Å². The van der Waals surface area contributed by atoms with Crippen LogP contribution in [0.2, 0.25) is 0 Å². The molecule has 0 bridgehead atoms. The Labute approximate surface area is 132 Å². The minimum Gasteiger partial charge on any atom is -0.497 e. The third kappa shape index (κ3) is 1.95. The molecule has 23 heavy (non-hydrogen) atoms. The van der Waals surface area contributed by atoms with Crippen molar-refractivity contribution in [3.05, 3.63) is 58.8 Å². The average Bonchev–Trinajstić information content (AvgIpc) is 2.60. The van der Waals surface area contributed by atoms with E-state index in [0.717, 1.165) is 16.3 Å². The van der Waals surface area contributed by atoms with Crippen molar-refractivity contribution in [1.29, 1.82) is 0 Å². The quantitative estimate of drug-likeness (QED) is 0.452. The largest absolute Gasteiger partial charge is 0.497 e. The number of rotatable bonds is 2. The van der Waals surface area contributed by atoms with E-state index >= 15 is 0 Å². The predicted molar refractivity (Wildman–Crippen MR) is 92.7 cm³/mol. The van der Waals surface area contributed by atoms with Gasteiger partial charge in [0.15, 0.2) is 0 Å². The molecule has 0 saturated carbocycles. The van der Waals surface area contributed by atoms with Gasteiger partial charge in [-0.15, -0.1) is 0 Å². The van der Waals surface area contributed by atoms with Crippen LogP contribution in [0.25, 0.3) is 32.6 Å². The first-order valence-electron chi connectivity index (χ1n) is 7.32. The molecule has 1 N–H and O–H groups in total. The maximum absolute atomic E-state index is 13.1. The zero-order valence-electron chi connectivity index (χ0n) is 12.8. The lowest BCUT2D eigenvalue weighted by Gasteiger charge is -2.11. The molecule has 4 nitrogen and oxygen atoms in total. The van der Waals surface area contributed by atoms with Crippen molar-refractivity contribution in [3.63, 3.8) is 0 Å². The monoisotopic (exact) mass is 305 g/mol. The van der Waals surface area contributed by atoms with Gasteiger partial charge in [-0.05, 0) is 16.8 Å². The van der Waals surface area contributed by atoms with Crippen molar-refractivity contribution in [2.45, 2.75) is 0 Å². The lowest BCUT2D eigenvalue weighted by atomic mass is 10.0. The molecule has 4 heteroatoms. The van der Waals surface area contributed by atoms with Crippen molar-refractivity contribution < 1.29 is 9.47 Å². The number of methoxy groups -OCH3 is 2. The molecular formula is C19H15NO3. The number of aromatic amines is 1. The first-order valence-corrected chi connectivity index (χ1v) is 7.32. The maximum atomic E-state index is 13.1. The second-order valence-corrected chi connectivity index (χ2v) is 5.42. The van der Waals surface area contributed by atoms with E-state index < -0.39 is 0 Å². The minimum atomic E-state index is -0.0370. The van der Waals surface area contributed by atoms with Gasteiger partial charge >= 0.3 is 0 Å². The Morgan fingerprint density at radius 3 is 2.48 bits per heavy atom. The molecule has 0 unspecified atom stereocenters. The smallest absolute Gasteiger partial charge is 0.201 e. The van der Waals surface area contributed by atoms with Crippen LogP contribution in [0.15, 0.2) is 53.3 Å². The molecule has 0 aliphatic carbocycles. The summed E-state index contributed by atoms with van der Waals surface area (Å²) in [7, 11) is 3.15. The second-order valence-electron chi connectivity index (χ2n) is 5.42. The number of pyridine rings is 1. The summed E-state index contributed by atoms with van der Waals surface area (Å²) in [5.41, 5.74) is 1.47. The summed E-state index contributed by atoms with van der Waals surface area (Å²) in [6.07, 6.45) is 0. The van der Waals surface area contributed by atoms with Gasteiger partial charge < -0.3 is 14.5 Å². The Balaban J connectivity index is 2.27. The van der Waals surface area contributed by atoms with E-state index in [1.807, 2.05) is 42.5 Å². The van der Waals surface area contributed by atoms with Crippen LogP contribution in [0.4, 0.5) is 0 Å². The van der Waals surface area contributed by atoms with Gasteiger partial charge in [-0.1, -0.05) is 30.3 Å². The van der Waals surface area contributed by atoms with Crippen molar-refractivity contribution >= 4 is 32.6 Å². The van der Waals surface area contributed by atoms with Crippen molar-refractivity contribution in [3.8, 4) is 11.5 Å². The third-order valence-electron chi connectivity index (χ3n) is 4.18. The fourth-order valence-corrected chi connectivity index (χ4v) is 3.09. The number of fused-ring (bicyclic) bond motifs is 4. The van der Waals surface area contributed by atoms with E-state index in [9.17, 15) is 4.79 Å². The van der Waals surface area contributed by atoms with E-state index in [2.05, 4.69) is 4.98 Å². The average molecular weight is 305 g/mol. The predicted octanol–water partition coefficient (Wildman–Crippen LogP) is 3.85.